The summed E-state index contributed by atoms with van der Waals surface area (Å²) in [6, 6.07) is 9.02. The van der Waals surface area contributed by atoms with Crippen LogP contribution in [0.4, 0.5) is 5.69 Å². The van der Waals surface area contributed by atoms with Crippen LogP contribution in [0.2, 0.25) is 0 Å². The number of hydrogen-bond acceptors (Lipinski definition) is 6. The van der Waals surface area contributed by atoms with Crippen LogP contribution in [0.5, 0.6) is 17.2 Å². The predicted octanol–water partition coefficient (Wildman–Crippen LogP) is 5.06. The van der Waals surface area contributed by atoms with Gasteiger partial charge in [0.2, 0.25) is 0 Å². The smallest absolute Gasteiger partial charge is 0.325 e. The van der Waals surface area contributed by atoms with E-state index in [1.54, 1.807) is 19.2 Å². The molecule has 0 bridgehead atoms. The molecule has 2 N–H and O–H groups in total. The highest BCUT2D eigenvalue weighted by molar-refractivity contribution is 5.78. The second-order valence-electron chi connectivity index (χ2n) is 7.15. The summed E-state index contributed by atoms with van der Waals surface area (Å²) < 4.78 is 15.9. The van der Waals surface area contributed by atoms with Crippen LogP contribution >= 0.6 is 0 Å². The average Bonchev–Trinajstić information content (AvgIpc) is 2.75. The summed E-state index contributed by atoms with van der Waals surface area (Å²) in [7, 11) is 2.92. The molecule has 0 atom stereocenters. The van der Waals surface area contributed by atoms with Crippen LogP contribution in [0, 0.1) is 0 Å². The number of phenolic OH excluding ortho intramolecular Hbond substituents is 1. The number of hydrogen-bond donors (Lipinski definition) is 2. The van der Waals surface area contributed by atoms with Gasteiger partial charge in [-0.25, -0.2) is 0 Å². The Balaban J connectivity index is 2.35. The number of esters is 1. The number of phenols is 1. The van der Waals surface area contributed by atoms with E-state index in [2.05, 4.69) is 30.0 Å². The largest absolute Gasteiger partial charge is 0.508 e. The molecule has 2 rings (SSSR count). The summed E-state index contributed by atoms with van der Waals surface area (Å²) in [5.74, 6) is 1.09. The normalized spacial score (nSPS) is 10.6. The Morgan fingerprint density at radius 3 is 2.52 bits per heavy atom. The van der Waals surface area contributed by atoms with Gasteiger partial charge in [-0.3, -0.25) is 4.79 Å². The fourth-order valence-electron chi connectivity index (χ4n) is 2.99. The molecule has 31 heavy (non-hydrogen) atoms. The standard InChI is InChI=1S/C25H31NO5/c1-6-31-23-15-20(27)14-19(21(23)11-7-17(2)3)10-8-18-9-12-22(24(13-18)29-4)26-16-25(28)30-5/h7-10,12-15,26-27H,6,11,16H2,1-5H3/b10-8+. The first-order valence-electron chi connectivity index (χ1n) is 10.2. The number of nitrogens with one attached hydrogen (secondary N) is 1. The van der Waals surface area contributed by atoms with E-state index in [1.807, 2.05) is 37.3 Å². The van der Waals surface area contributed by atoms with E-state index in [4.69, 9.17) is 9.47 Å². The predicted molar refractivity (Wildman–Crippen MR) is 125 cm³/mol. The van der Waals surface area contributed by atoms with Gasteiger partial charge in [-0.15, -0.1) is 0 Å². The summed E-state index contributed by atoms with van der Waals surface area (Å²) in [6.45, 7) is 6.61. The third kappa shape index (κ3) is 7.10. The second kappa shape index (κ2) is 11.7. The van der Waals surface area contributed by atoms with Crippen LogP contribution in [0.15, 0.2) is 42.0 Å². The van der Waals surface area contributed by atoms with Gasteiger partial charge in [0, 0.05) is 11.6 Å². The van der Waals surface area contributed by atoms with Gasteiger partial charge < -0.3 is 24.6 Å². The van der Waals surface area contributed by atoms with Crippen molar-refractivity contribution >= 4 is 23.8 Å². The zero-order chi connectivity index (χ0) is 22.8. The number of methoxy groups -OCH3 is 2. The van der Waals surface area contributed by atoms with E-state index < -0.39 is 0 Å². The first-order chi connectivity index (χ1) is 14.9. The molecule has 0 unspecified atom stereocenters. The molecule has 0 amide bonds. The number of carbonyl (C=O) groups excluding carboxylic acids is 1. The van der Waals surface area contributed by atoms with E-state index in [0.717, 1.165) is 16.7 Å². The second-order valence-corrected chi connectivity index (χ2v) is 7.15. The molecule has 0 aliphatic rings. The van der Waals surface area contributed by atoms with E-state index in [-0.39, 0.29) is 18.3 Å². The minimum absolute atomic E-state index is 0.0548. The van der Waals surface area contributed by atoms with Crippen LogP contribution in [-0.4, -0.2) is 38.4 Å². The van der Waals surface area contributed by atoms with Gasteiger partial charge in [-0.05, 0) is 56.5 Å². The van der Waals surface area contributed by atoms with Crippen LogP contribution in [0.25, 0.3) is 12.2 Å². The molecular weight excluding hydrogens is 394 g/mol. The topological polar surface area (TPSA) is 77.0 Å². The average molecular weight is 426 g/mol. The third-order valence-corrected chi connectivity index (χ3v) is 4.57. The molecular formula is C25H31NO5. The van der Waals surface area contributed by atoms with Crippen LogP contribution < -0.4 is 14.8 Å². The molecule has 0 heterocycles. The number of allylic oxidation sites excluding steroid dienone is 2. The third-order valence-electron chi connectivity index (χ3n) is 4.57. The number of anilines is 1. The van der Waals surface area contributed by atoms with Gasteiger partial charge in [0.05, 0.1) is 26.5 Å². The van der Waals surface area contributed by atoms with Crippen LogP contribution in [0.3, 0.4) is 0 Å². The fourth-order valence-corrected chi connectivity index (χ4v) is 2.99. The zero-order valence-electron chi connectivity index (χ0n) is 18.8. The van der Waals surface area contributed by atoms with E-state index in [0.29, 0.717) is 30.2 Å². The molecule has 0 saturated heterocycles. The van der Waals surface area contributed by atoms with Crippen molar-refractivity contribution in [3.63, 3.8) is 0 Å². The summed E-state index contributed by atoms with van der Waals surface area (Å²) in [5, 5.41) is 13.2. The van der Waals surface area contributed by atoms with Crippen molar-refractivity contribution in [3.05, 3.63) is 58.7 Å². The summed E-state index contributed by atoms with van der Waals surface area (Å²) in [5.41, 5.74) is 4.72. The van der Waals surface area contributed by atoms with Crippen molar-refractivity contribution in [2.24, 2.45) is 0 Å². The Labute approximate surface area is 184 Å². The maximum Gasteiger partial charge on any atom is 0.325 e. The molecule has 0 saturated carbocycles. The maximum atomic E-state index is 11.4. The van der Waals surface area contributed by atoms with Crippen molar-refractivity contribution in [2.75, 3.05) is 32.7 Å². The lowest BCUT2D eigenvalue weighted by molar-refractivity contribution is -0.138. The molecule has 0 aromatic heterocycles. The quantitative estimate of drug-likeness (QED) is 0.315. The molecule has 2 aromatic carbocycles. The molecule has 0 spiro atoms. The highest BCUT2D eigenvalue weighted by Gasteiger charge is 2.10. The monoisotopic (exact) mass is 425 g/mol. The molecule has 6 nitrogen and oxygen atoms in total. The van der Waals surface area contributed by atoms with Crippen molar-refractivity contribution in [1.82, 2.24) is 0 Å². The van der Waals surface area contributed by atoms with Gasteiger partial charge >= 0.3 is 5.97 Å². The first-order valence-corrected chi connectivity index (χ1v) is 10.2. The van der Waals surface area contributed by atoms with Crippen molar-refractivity contribution in [1.29, 1.82) is 0 Å². The Hall–Kier alpha value is -3.41. The molecule has 6 heteroatoms. The zero-order valence-corrected chi connectivity index (χ0v) is 18.8. The molecule has 0 aliphatic heterocycles. The lowest BCUT2D eigenvalue weighted by Crippen LogP contribution is -2.15. The van der Waals surface area contributed by atoms with Gasteiger partial charge in [0.25, 0.3) is 0 Å². The number of aromatic hydroxyl groups is 1. The minimum Gasteiger partial charge on any atom is -0.508 e. The Morgan fingerprint density at radius 2 is 1.87 bits per heavy atom. The number of rotatable bonds is 10. The Bertz CT molecular complexity index is 959. The fraction of sp³-hybridized carbons (Fsp3) is 0.320. The van der Waals surface area contributed by atoms with Crippen molar-refractivity contribution < 1.29 is 24.1 Å². The lowest BCUT2D eigenvalue weighted by atomic mass is 10.00. The molecule has 0 aliphatic carbocycles. The summed E-state index contributed by atoms with van der Waals surface area (Å²) >= 11 is 0. The summed E-state index contributed by atoms with van der Waals surface area (Å²) in [6.07, 6.45) is 6.74. The van der Waals surface area contributed by atoms with Crippen LogP contribution in [-0.2, 0) is 16.0 Å². The van der Waals surface area contributed by atoms with Crippen LogP contribution in [0.1, 0.15) is 37.5 Å². The van der Waals surface area contributed by atoms with Crippen molar-refractivity contribution in [3.8, 4) is 17.2 Å². The van der Waals surface area contributed by atoms with Gasteiger partial charge in [0.1, 0.15) is 23.8 Å². The minimum atomic E-state index is -0.357. The summed E-state index contributed by atoms with van der Waals surface area (Å²) in [4.78, 5) is 11.4. The van der Waals surface area contributed by atoms with E-state index in [9.17, 15) is 9.90 Å². The lowest BCUT2D eigenvalue weighted by Gasteiger charge is -2.13. The van der Waals surface area contributed by atoms with Crippen molar-refractivity contribution in [2.45, 2.75) is 27.2 Å². The highest BCUT2D eigenvalue weighted by Crippen LogP contribution is 2.32. The van der Waals surface area contributed by atoms with Gasteiger partial charge in [0.15, 0.2) is 0 Å². The number of carbonyl (C=O) groups is 1. The van der Waals surface area contributed by atoms with Gasteiger partial charge in [-0.1, -0.05) is 29.9 Å². The van der Waals surface area contributed by atoms with E-state index in [1.165, 1.54) is 12.7 Å². The Kier molecular flexibility index (Phi) is 9.00. The molecule has 0 fully saturated rings. The molecule has 166 valence electrons. The SMILES string of the molecule is CCOc1cc(O)cc(/C=C/c2ccc(NCC(=O)OC)c(OC)c2)c1CC=C(C)C. The Morgan fingerprint density at radius 1 is 1.10 bits per heavy atom. The molecule has 2 aromatic rings. The van der Waals surface area contributed by atoms with Gasteiger partial charge in [-0.2, -0.15) is 0 Å². The molecule has 0 radical (unpaired) electrons. The first kappa shape index (κ1) is 23.9. The number of ether oxygens (including phenoxy) is 3. The van der Waals surface area contributed by atoms with E-state index >= 15 is 0 Å². The highest BCUT2D eigenvalue weighted by atomic mass is 16.5. The number of benzene rings is 2. The maximum absolute atomic E-state index is 11.4.